The molecule has 0 aliphatic heterocycles. The summed E-state index contributed by atoms with van der Waals surface area (Å²) >= 11 is 0. The van der Waals surface area contributed by atoms with Gasteiger partial charge in [-0.3, -0.25) is 4.79 Å². The van der Waals surface area contributed by atoms with E-state index in [1.54, 1.807) is 14.2 Å². The molecule has 5 heteroatoms. The van der Waals surface area contributed by atoms with Gasteiger partial charge in [-0.1, -0.05) is 30.3 Å². The second kappa shape index (κ2) is 9.45. The van der Waals surface area contributed by atoms with Crippen LogP contribution in [0.4, 0.5) is 5.69 Å². The molecule has 0 saturated heterocycles. The van der Waals surface area contributed by atoms with Crippen molar-refractivity contribution >= 4 is 11.6 Å². The number of hydrogen-bond donors (Lipinski definition) is 2. The Hall–Kier alpha value is -2.69. The molecule has 128 valence electrons. The molecule has 5 nitrogen and oxygen atoms in total. The van der Waals surface area contributed by atoms with Gasteiger partial charge in [0.05, 0.1) is 14.2 Å². The number of ether oxygens (including phenoxy) is 2. The third kappa shape index (κ3) is 5.50. The third-order valence-electron chi connectivity index (χ3n) is 3.64. The van der Waals surface area contributed by atoms with E-state index >= 15 is 0 Å². The molecule has 2 N–H and O–H groups in total. The number of rotatable bonds is 9. The van der Waals surface area contributed by atoms with E-state index in [-0.39, 0.29) is 5.91 Å². The monoisotopic (exact) mass is 328 g/mol. The van der Waals surface area contributed by atoms with E-state index in [9.17, 15) is 4.79 Å². The van der Waals surface area contributed by atoms with Crippen molar-refractivity contribution in [3.05, 3.63) is 54.1 Å². The largest absolute Gasteiger partial charge is 0.493 e. The molecule has 2 rings (SSSR count). The Morgan fingerprint density at radius 1 is 0.958 bits per heavy atom. The first-order valence-corrected chi connectivity index (χ1v) is 7.99. The molecule has 0 radical (unpaired) electrons. The SMILES string of the molecule is COc1ccc(NCCC(=O)NCCc2ccccc2)cc1OC. The summed E-state index contributed by atoms with van der Waals surface area (Å²) in [5, 5.41) is 6.15. The van der Waals surface area contributed by atoms with Crippen LogP contribution in [0.25, 0.3) is 0 Å². The number of nitrogens with one attached hydrogen (secondary N) is 2. The van der Waals surface area contributed by atoms with Crippen LogP contribution < -0.4 is 20.1 Å². The summed E-state index contributed by atoms with van der Waals surface area (Å²) in [6.45, 7) is 1.21. The van der Waals surface area contributed by atoms with Crippen molar-refractivity contribution in [2.24, 2.45) is 0 Å². The van der Waals surface area contributed by atoms with E-state index in [1.165, 1.54) is 5.56 Å². The van der Waals surface area contributed by atoms with Gasteiger partial charge in [0.15, 0.2) is 11.5 Å². The summed E-state index contributed by atoms with van der Waals surface area (Å²) in [6.07, 6.45) is 1.26. The van der Waals surface area contributed by atoms with Gasteiger partial charge >= 0.3 is 0 Å². The van der Waals surface area contributed by atoms with Gasteiger partial charge < -0.3 is 20.1 Å². The zero-order valence-electron chi connectivity index (χ0n) is 14.2. The van der Waals surface area contributed by atoms with Crippen LogP contribution >= 0.6 is 0 Å². The lowest BCUT2D eigenvalue weighted by molar-refractivity contribution is -0.120. The van der Waals surface area contributed by atoms with Gasteiger partial charge in [-0.15, -0.1) is 0 Å². The maximum Gasteiger partial charge on any atom is 0.221 e. The van der Waals surface area contributed by atoms with Gasteiger partial charge in [-0.25, -0.2) is 0 Å². The predicted octanol–water partition coefficient (Wildman–Crippen LogP) is 2.86. The number of carbonyl (C=O) groups excluding carboxylic acids is 1. The molecule has 2 aromatic carbocycles. The molecule has 0 saturated carbocycles. The molecule has 0 fully saturated rings. The number of anilines is 1. The lowest BCUT2D eigenvalue weighted by Crippen LogP contribution is -2.27. The Kier molecular flexibility index (Phi) is 6.95. The minimum atomic E-state index is 0.0407. The second-order valence-electron chi connectivity index (χ2n) is 5.33. The summed E-state index contributed by atoms with van der Waals surface area (Å²) in [5.74, 6) is 1.38. The molecule has 0 heterocycles. The van der Waals surface area contributed by atoms with Crippen molar-refractivity contribution in [1.29, 1.82) is 0 Å². The highest BCUT2D eigenvalue weighted by Crippen LogP contribution is 2.29. The van der Waals surface area contributed by atoms with Gasteiger partial charge in [-0.2, -0.15) is 0 Å². The maximum absolute atomic E-state index is 11.9. The number of carbonyl (C=O) groups is 1. The van der Waals surface area contributed by atoms with Crippen molar-refractivity contribution in [2.45, 2.75) is 12.8 Å². The van der Waals surface area contributed by atoms with Crippen molar-refractivity contribution in [3.63, 3.8) is 0 Å². The van der Waals surface area contributed by atoms with E-state index in [4.69, 9.17) is 9.47 Å². The summed E-state index contributed by atoms with van der Waals surface area (Å²) in [6, 6.07) is 15.7. The maximum atomic E-state index is 11.9. The zero-order chi connectivity index (χ0) is 17.2. The fraction of sp³-hybridized carbons (Fsp3) is 0.316. The highest BCUT2D eigenvalue weighted by molar-refractivity contribution is 5.76. The third-order valence-corrected chi connectivity index (χ3v) is 3.64. The van der Waals surface area contributed by atoms with Crippen molar-refractivity contribution in [2.75, 3.05) is 32.6 Å². The average Bonchev–Trinajstić information content (AvgIpc) is 2.62. The van der Waals surface area contributed by atoms with Crippen LogP contribution in [0.2, 0.25) is 0 Å². The molecule has 0 bridgehead atoms. The van der Waals surface area contributed by atoms with E-state index in [2.05, 4.69) is 22.8 Å². The quantitative estimate of drug-likeness (QED) is 0.743. The van der Waals surface area contributed by atoms with Crippen LogP contribution in [-0.4, -0.2) is 33.2 Å². The fourth-order valence-corrected chi connectivity index (χ4v) is 2.35. The highest BCUT2D eigenvalue weighted by Gasteiger charge is 2.05. The first-order chi connectivity index (χ1) is 11.7. The van der Waals surface area contributed by atoms with E-state index in [1.807, 2.05) is 36.4 Å². The molecule has 24 heavy (non-hydrogen) atoms. The van der Waals surface area contributed by atoms with Gasteiger partial charge in [0.25, 0.3) is 0 Å². The molecule has 2 aromatic rings. The Balaban J connectivity index is 1.69. The molecule has 0 atom stereocenters. The Labute approximate surface area is 143 Å². The highest BCUT2D eigenvalue weighted by atomic mass is 16.5. The molecule has 0 spiro atoms. The second-order valence-corrected chi connectivity index (χ2v) is 5.33. The standard InChI is InChI=1S/C19H24N2O3/c1-23-17-9-8-16(14-18(17)24-2)20-13-11-19(22)21-12-10-15-6-4-3-5-7-15/h3-9,14,20H,10-13H2,1-2H3,(H,21,22). The van der Waals surface area contributed by atoms with E-state index in [0.29, 0.717) is 31.0 Å². The van der Waals surface area contributed by atoms with Crippen molar-refractivity contribution in [3.8, 4) is 11.5 Å². The zero-order valence-corrected chi connectivity index (χ0v) is 14.2. The Bertz CT molecular complexity index is 644. The summed E-state index contributed by atoms with van der Waals surface area (Å²) < 4.78 is 10.5. The van der Waals surface area contributed by atoms with Crippen molar-refractivity contribution in [1.82, 2.24) is 5.32 Å². The Morgan fingerprint density at radius 2 is 1.71 bits per heavy atom. The average molecular weight is 328 g/mol. The van der Waals surface area contributed by atoms with Crippen LogP contribution in [0.15, 0.2) is 48.5 Å². The fourth-order valence-electron chi connectivity index (χ4n) is 2.35. The molecule has 0 aliphatic carbocycles. The Morgan fingerprint density at radius 3 is 2.42 bits per heavy atom. The number of methoxy groups -OCH3 is 2. The molecule has 0 aromatic heterocycles. The summed E-state index contributed by atoms with van der Waals surface area (Å²) in [5.41, 5.74) is 2.12. The van der Waals surface area contributed by atoms with Crippen LogP contribution in [0, 0.1) is 0 Å². The molecular weight excluding hydrogens is 304 g/mol. The minimum absolute atomic E-state index is 0.0407. The lowest BCUT2D eigenvalue weighted by Gasteiger charge is -2.11. The first-order valence-electron chi connectivity index (χ1n) is 7.99. The number of hydrogen-bond acceptors (Lipinski definition) is 4. The molecule has 1 amide bonds. The molecular formula is C19H24N2O3. The summed E-state index contributed by atoms with van der Waals surface area (Å²) in [4.78, 5) is 11.9. The minimum Gasteiger partial charge on any atom is -0.493 e. The topological polar surface area (TPSA) is 59.6 Å². The van der Waals surface area contributed by atoms with Crippen LogP contribution in [0.1, 0.15) is 12.0 Å². The summed E-state index contributed by atoms with van der Waals surface area (Å²) in [7, 11) is 3.20. The van der Waals surface area contributed by atoms with Gasteiger partial charge in [0.2, 0.25) is 5.91 Å². The smallest absolute Gasteiger partial charge is 0.221 e. The van der Waals surface area contributed by atoms with E-state index in [0.717, 1.165) is 12.1 Å². The van der Waals surface area contributed by atoms with Crippen LogP contribution in [0.3, 0.4) is 0 Å². The van der Waals surface area contributed by atoms with Gasteiger partial charge in [0, 0.05) is 31.3 Å². The molecule has 0 unspecified atom stereocenters. The van der Waals surface area contributed by atoms with E-state index < -0.39 is 0 Å². The first kappa shape index (κ1) is 17.7. The lowest BCUT2D eigenvalue weighted by atomic mass is 10.1. The van der Waals surface area contributed by atoms with Crippen LogP contribution in [-0.2, 0) is 11.2 Å². The van der Waals surface area contributed by atoms with Gasteiger partial charge in [-0.05, 0) is 24.1 Å². The van der Waals surface area contributed by atoms with Crippen molar-refractivity contribution < 1.29 is 14.3 Å². The normalized spacial score (nSPS) is 10.1. The van der Waals surface area contributed by atoms with Gasteiger partial charge in [0.1, 0.15) is 0 Å². The number of amides is 1. The predicted molar refractivity (Wildman–Crippen MR) is 95.8 cm³/mol. The molecule has 0 aliphatic rings. The van der Waals surface area contributed by atoms with Crippen LogP contribution in [0.5, 0.6) is 11.5 Å². The number of benzene rings is 2.